The molecule has 0 saturated heterocycles. The molecule has 0 radical (unpaired) electrons. The van der Waals surface area contributed by atoms with Crippen LogP contribution in [-0.2, 0) is 0 Å². The predicted molar refractivity (Wildman–Crippen MR) is 39.2 cm³/mol. The topological polar surface area (TPSA) is 32.6 Å². The van der Waals surface area contributed by atoms with Crippen molar-refractivity contribution in [3.8, 4) is 0 Å². The molecule has 0 aromatic carbocycles. The molecule has 2 fully saturated rings. The van der Waals surface area contributed by atoms with Crippen LogP contribution in [0.2, 0.25) is 0 Å². The van der Waals surface area contributed by atoms with Crippen molar-refractivity contribution < 1.29 is 5.21 Å². The molecule has 2 aliphatic carbocycles. The second-order valence-corrected chi connectivity index (χ2v) is 3.59. The Labute approximate surface area is 60.9 Å². The van der Waals surface area contributed by atoms with Gasteiger partial charge in [-0.3, -0.25) is 0 Å². The van der Waals surface area contributed by atoms with Crippen molar-refractivity contribution in [2.75, 3.05) is 0 Å². The van der Waals surface area contributed by atoms with Gasteiger partial charge in [-0.25, -0.2) is 0 Å². The highest BCUT2D eigenvalue weighted by molar-refractivity contribution is 5.60. The van der Waals surface area contributed by atoms with Crippen molar-refractivity contribution >= 4 is 6.21 Å². The van der Waals surface area contributed by atoms with Gasteiger partial charge < -0.3 is 5.21 Å². The van der Waals surface area contributed by atoms with Crippen LogP contribution in [0.4, 0.5) is 0 Å². The molecule has 0 aromatic rings. The lowest BCUT2D eigenvalue weighted by molar-refractivity contribution is 0.313. The molecule has 0 amide bonds. The Balaban J connectivity index is 1.88. The van der Waals surface area contributed by atoms with Gasteiger partial charge >= 0.3 is 0 Å². The third-order valence-corrected chi connectivity index (χ3v) is 2.86. The zero-order valence-corrected chi connectivity index (χ0v) is 6.03. The van der Waals surface area contributed by atoms with E-state index in [-0.39, 0.29) is 0 Å². The Bertz CT molecular complexity index is 155. The first-order valence-corrected chi connectivity index (χ1v) is 4.07. The van der Waals surface area contributed by atoms with E-state index in [1.165, 1.54) is 25.7 Å². The first-order valence-electron chi connectivity index (χ1n) is 4.07. The summed E-state index contributed by atoms with van der Waals surface area (Å²) in [6.07, 6.45) is 7.02. The summed E-state index contributed by atoms with van der Waals surface area (Å²) in [6.45, 7) is 0. The molecule has 0 heterocycles. The number of hydrogen-bond donors (Lipinski definition) is 1. The van der Waals surface area contributed by atoms with Crippen LogP contribution in [-0.4, -0.2) is 11.4 Å². The molecule has 3 unspecified atom stereocenters. The van der Waals surface area contributed by atoms with Crippen molar-refractivity contribution in [2.45, 2.75) is 25.7 Å². The smallest absolute Gasteiger partial charge is 0.0466 e. The van der Waals surface area contributed by atoms with Crippen LogP contribution in [0.25, 0.3) is 0 Å². The Morgan fingerprint density at radius 2 is 2.10 bits per heavy atom. The minimum Gasteiger partial charge on any atom is -0.411 e. The fourth-order valence-corrected chi connectivity index (χ4v) is 2.12. The summed E-state index contributed by atoms with van der Waals surface area (Å²) in [4.78, 5) is 0. The van der Waals surface area contributed by atoms with Crippen LogP contribution in [0.1, 0.15) is 25.7 Å². The van der Waals surface area contributed by atoms with Gasteiger partial charge in [-0.15, -0.1) is 5.16 Å². The number of oxime groups is 1. The maximum atomic E-state index is 8.29. The zero-order valence-electron chi connectivity index (χ0n) is 6.03. The molecule has 2 heteroatoms. The standard InChI is InChI=1S/C8H13NO/c10-9-5-6-1-2-7-4-8(7)3-6/h5-8,10H,1-4H2/b9-5+. The largest absolute Gasteiger partial charge is 0.411 e. The SMILES string of the molecule is O/N=C/C1CCC2CC2C1. The minimum atomic E-state index is 0.578. The molecule has 2 rings (SSSR count). The van der Waals surface area contributed by atoms with Crippen LogP contribution in [0.15, 0.2) is 5.16 Å². The van der Waals surface area contributed by atoms with E-state index in [2.05, 4.69) is 5.16 Å². The van der Waals surface area contributed by atoms with Gasteiger partial charge in [0.05, 0.1) is 0 Å². The van der Waals surface area contributed by atoms with Crippen LogP contribution in [0.3, 0.4) is 0 Å². The van der Waals surface area contributed by atoms with E-state index in [4.69, 9.17) is 5.21 Å². The van der Waals surface area contributed by atoms with Crippen LogP contribution in [0.5, 0.6) is 0 Å². The van der Waals surface area contributed by atoms with Gasteiger partial charge in [0.25, 0.3) is 0 Å². The molecule has 0 aliphatic heterocycles. The molecule has 3 atom stereocenters. The van der Waals surface area contributed by atoms with E-state index in [0.29, 0.717) is 5.92 Å². The van der Waals surface area contributed by atoms with Crippen LogP contribution >= 0.6 is 0 Å². The van der Waals surface area contributed by atoms with Crippen molar-refractivity contribution in [1.82, 2.24) is 0 Å². The molecule has 56 valence electrons. The third-order valence-electron chi connectivity index (χ3n) is 2.86. The Kier molecular flexibility index (Phi) is 1.40. The highest BCUT2D eigenvalue weighted by Gasteiger charge is 2.41. The second-order valence-electron chi connectivity index (χ2n) is 3.59. The quantitative estimate of drug-likeness (QED) is 0.336. The highest BCUT2D eigenvalue weighted by atomic mass is 16.4. The summed E-state index contributed by atoms with van der Waals surface area (Å²) in [5.41, 5.74) is 0. The van der Waals surface area contributed by atoms with Gasteiger partial charge in [-0.05, 0) is 43.4 Å². The summed E-state index contributed by atoms with van der Waals surface area (Å²) in [6, 6.07) is 0. The lowest BCUT2D eigenvalue weighted by atomic mass is 9.90. The number of nitrogens with zero attached hydrogens (tertiary/aromatic N) is 1. The van der Waals surface area contributed by atoms with Gasteiger partial charge in [-0.2, -0.15) is 0 Å². The summed E-state index contributed by atoms with van der Waals surface area (Å²) in [7, 11) is 0. The molecular weight excluding hydrogens is 126 g/mol. The van der Waals surface area contributed by atoms with Crippen molar-refractivity contribution in [1.29, 1.82) is 0 Å². The monoisotopic (exact) mass is 139 g/mol. The van der Waals surface area contributed by atoms with Crippen molar-refractivity contribution in [2.24, 2.45) is 22.9 Å². The van der Waals surface area contributed by atoms with Gasteiger partial charge in [0.2, 0.25) is 0 Å². The maximum absolute atomic E-state index is 8.29. The second kappa shape index (κ2) is 2.26. The summed E-state index contributed by atoms with van der Waals surface area (Å²) >= 11 is 0. The van der Waals surface area contributed by atoms with Gasteiger partial charge in [0.1, 0.15) is 0 Å². The van der Waals surface area contributed by atoms with Gasteiger partial charge in [0.15, 0.2) is 0 Å². The molecule has 1 N–H and O–H groups in total. The first-order chi connectivity index (χ1) is 4.90. The Morgan fingerprint density at radius 1 is 1.20 bits per heavy atom. The molecule has 2 nitrogen and oxygen atoms in total. The van der Waals surface area contributed by atoms with Gasteiger partial charge in [0, 0.05) is 6.21 Å². The van der Waals surface area contributed by atoms with Crippen LogP contribution in [0, 0.1) is 17.8 Å². The summed E-state index contributed by atoms with van der Waals surface area (Å²) in [5, 5.41) is 11.4. The fraction of sp³-hybridized carbons (Fsp3) is 0.875. The molecule has 0 bridgehead atoms. The van der Waals surface area contributed by atoms with Crippen LogP contribution < -0.4 is 0 Å². The fourth-order valence-electron chi connectivity index (χ4n) is 2.12. The zero-order chi connectivity index (χ0) is 6.97. The molecule has 0 aromatic heterocycles. The molecule has 0 spiro atoms. The normalized spacial score (nSPS) is 45.4. The van der Waals surface area contributed by atoms with E-state index < -0.39 is 0 Å². The van der Waals surface area contributed by atoms with E-state index in [0.717, 1.165) is 11.8 Å². The first kappa shape index (κ1) is 6.20. The minimum absolute atomic E-state index is 0.578. The molecule has 2 saturated carbocycles. The molecule has 2 aliphatic rings. The van der Waals surface area contributed by atoms with Crippen molar-refractivity contribution in [3.05, 3.63) is 0 Å². The average Bonchev–Trinajstić information content (AvgIpc) is 2.66. The van der Waals surface area contributed by atoms with Gasteiger partial charge in [-0.1, -0.05) is 0 Å². The number of fused-ring (bicyclic) bond motifs is 1. The molecule has 10 heavy (non-hydrogen) atoms. The van der Waals surface area contributed by atoms with Crippen molar-refractivity contribution in [3.63, 3.8) is 0 Å². The summed E-state index contributed by atoms with van der Waals surface area (Å²) in [5.74, 6) is 2.61. The predicted octanol–water partition coefficient (Wildman–Crippen LogP) is 1.88. The van der Waals surface area contributed by atoms with E-state index in [1.54, 1.807) is 6.21 Å². The third kappa shape index (κ3) is 1.02. The van der Waals surface area contributed by atoms with E-state index >= 15 is 0 Å². The lowest BCUT2D eigenvalue weighted by Crippen LogP contribution is -2.09. The number of rotatable bonds is 1. The van der Waals surface area contributed by atoms with E-state index in [1.807, 2.05) is 0 Å². The maximum Gasteiger partial charge on any atom is 0.0466 e. The highest BCUT2D eigenvalue weighted by Crippen LogP contribution is 2.50. The average molecular weight is 139 g/mol. The Hall–Kier alpha value is -0.530. The van der Waals surface area contributed by atoms with E-state index in [9.17, 15) is 0 Å². The molecular formula is C8H13NO. The number of hydrogen-bond acceptors (Lipinski definition) is 2. The lowest BCUT2D eigenvalue weighted by Gasteiger charge is -2.15. The Morgan fingerprint density at radius 3 is 2.80 bits per heavy atom. The summed E-state index contributed by atoms with van der Waals surface area (Å²) < 4.78 is 0.